The number of rotatable bonds is 7. The molecule has 4 aromatic rings. The van der Waals surface area contributed by atoms with Gasteiger partial charge in [-0.1, -0.05) is 61.1 Å². The molecule has 9 heteroatoms. The van der Waals surface area contributed by atoms with Gasteiger partial charge in [0.1, 0.15) is 5.82 Å². The van der Waals surface area contributed by atoms with E-state index in [1.54, 1.807) is 0 Å². The van der Waals surface area contributed by atoms with Crippen molar-refractivity contribution in [2.45, 2.75) is 44.5 Å². The van der Waals surface area contributed by atoms with Gasteiger partial charge in [-0.2, -0.15) is 4.98 Å². The van der Waals surface area contributed by atoms with Crippen LogP contribution in [0, 0.1) is 6.92 Å². The molecule has 0 atom stereocenters. The number of benzene rings is 2. The molecule has 0 saturated carbocycles. The standard InChI is InChI=1S/C23H24N6O2S/c1-14(2)17-8-10-18(11-9-17)22-25-21(31-28-22)13-32-23-27-26-15(3)29(23)20-7-5-6-19(12-20)24-16(4)30/h5-12,14H,13H2,1-4H3,(H,24,30). The third-order valence-corrected chi connectivity index (χ3v) is 5.76. The molecule has 164 valence electrons. The van der Waals surface area contributed by atoms with Gasteiger partial charge in [0.25, 0.3) is 0 Å². The maximum atomic E-state index is 11.4. The molecule has 0 aliphatic carbocycles. The van der Waals surface area contributed by atoms with E-state index in [1.165, 1.54) is 24.2 Å². The van der Waals surface area contributed by atoms with E-state index < -0.39 is 0 Å². The number of hydrogen-bond acceptors (Lipinski definition) is 7. The number of carbonyl (C=O) groups is 1. The van der Waals surface area contributed by atoms with Crippen LogP contribution in [0.1, 0.15) is 44.0 Å². The third-order valence-electron chi connectivity index (χ3n) is 4.85. The summed E-state index contributed by atoms with van der Waals surface area (Å²) in [5.74, 6) is 2.63. The first-order valence-electron chi connectivity index (χ1n) is 10.3. The Balaban J connectivity index is 1.49. The number of hydrogen-bond donors (Lipinski definition) is 1. The monoisotopic (exact) mass is 448 g/mol. The minimum absolute atomic E-state index is 0.122. The lowest BCUT2D eigenvalue weighted by Crippen LogP contribution is -2.07. The number of carbonyl (C=O) groups excluding carboxylic acids is 1. The molecule has 0 radical (unpaired) electrons. The number of aryl methyl sites for hydroxylation is 1. The Morgan fingerprint density at radius 3 is 2.66 bits per heavy atom. The van der Waals surface area contributed by atoms with Crippen LogP contribution < -0.4 is 5.32 Å². The molecule has 0 aliphatic heterocycles. The Kier molecular flexibility index (Phi) is 6.36. The van der Waals surface area contributed by atoms with Gasteiger partial charge in [-0.25, -0.2) is 0 Å². The molecule has 0 unspecified atom stereocenters. The van der Waals surface area contributed by atoms with E-state index in [0.717, 1.165) is 17.1 Å². The van der Waals surface area contributed by atoms with Crippen molar-refractivity contribution in [3.63, 3.8) is 0 Å². The highest BCUT2D eigenvalue weighted by molar-refractivity contribution is 7.98. The zero-order valence-electron chi connectivity index (χ0n) is 18.4. The molecule has 0 fully saturated rings. The van der Waals surface area contributed by atoms with Crippen molar-refractivity contribution in [3.05, 3.63) is 65.8 Å². The normalized spacial score (nSPS) is 11.2. The number of thioether (sulfide) groups is 1. The van der Waals surface area contributed by atoms with Gasteiger partial charge in [0.05, 0.1) is 11.4 Å². The van der Waals surface area contributed by atoms with Crippen molar-refractivity contribution in [3.8, 4) is 17.1 Å². The molecule has 4 rings (SSSR count). The molecule has 2 aromatic carbocycles. The molecule has 0 aliphatic rings. The number of nitrogens with zero attached hydrogens (tertiary/aromatic N) is 5. The molecule has 1 amide bonds. The third kappa shape index (κ3) is 4.88. The summed E-state index contributed by atoms with van der Waals surface area (Å²) in [4.78, 5) is 15.9. The summed E-state index contributed by atoms with van der Waals surface area (Å²) < 4.78 is 7.38. The quantitative estimate of drug-likeness (QED) is 0.397. The predicted octanol–water partition coefficient (Wildman–Crippen LogP) is 5.00. The maximum absolute atomic E-state index is 11.4. The second-order valence-electron chi connectivity index (χ2n) is 7.67. The average Bonchev–Trinajstić information content (AvgIpc) is 3.38. The van der Waals surface area contributed by atoms with E-state index in [0.29, 0.717) is 34.2 Å². The van der Waals surface area contributed by atoms with E-state index in [2.05, 4.69) is 51.6 Å². The van der Waals surface area contributed by atoms with Crippen LogP contribution in [0.2, 0.25) is 0 Å². The lowest BCUT2D eigenvalue weighted by molar-refractivity contribution is -0.114. The van der Waals surface area contributed by atoms with Crippen molar-refractivity contribution in [2.75, 3.05) is 5.32 Å². The number of amides is 1. The Labute approximate surface area is 190 Å². The van der Waals surface area contributed by atoms with Gasteiger partial charge >= 0.3 is 0 Å². The van der Waals surface area contributed by atoms with Crippen LogP contribution in [0.5, 0.6) is 0 Å². The minimum atomic E-state index is -0.122. The Morgan fingerprint density at radius 2 is 1.94 bits per heavy atom. The molecule has 2 aromatic heterocycles. The number of nitrogens with one attached hydrogen (secondary N) is 1. The first-order chi connectivity index (χ1) is 15.4. The Hall–Kier alpha value is -3.46. The lowest BCUT2D eigenvalue weighted by Gasteiger charge is -2.10. The summed E-state index contributed by atoms with van der Waals surface area (Å²) in [6.45, 7) is 7.69. The molecule has 2 heterocycles. The number of aromatic nitrogens is 5. The fourth-order valence-electron chi connectivity index (χ4n) is 3.23. The Bertz CT molecular complexity index is 1230. The van der Waals surface area contributed by atoms with Crippen molar-refractivity contribution in [1.82, 2.24) is 24.9 Å². The van der Waals surface area contributed by atoms with Crippen LogP contribution in [0.4, 0.5) is 5.69 Å². The first-order valence-corrected chi connectivity index (χ1v) is 11.2. The molecule has 0 saturated heterocycles. The summed E-state index contributed by atoms with van der Waals surface area (Å²) >= 11 is 1.46. The SMILES string of the molecule is CC(=O)Nc1cccc(-n2c(C)nnc2SCc2nc(-c3ccc(C(C)C)cc3)no2)c1. The summed E-state index contributed by atoms with van der Waals surface area (Å²) in [5.41, 5.74) is 3.76. The van der Waals surface area contributed by atoms with E-state index in [-0.39, 0.29) is 5.91 Å². The van der Waals surface area contributed by atoms with Crippen molar-refractivity contribution >= 4 is 23.4 Å². The smallest absolute Gasteiger partial charge is 0.237 e. The lowest BCUT2D eigenvalue weighted by atomic mass is 10.0. The van der Waals surface area contributed by atoms with Crippen LogP contribution in [-0.2, 0) is 10.5 Å². The highest BCUT2D eigenvalue weighted by Crippen LogP contribution is 2.27. The second-order valence-corrected chi connectivity index (χ2v) is 8.62. The van der Waals surface area contributed by atoms with E-state index in [9.17, 15) is 4.79 Å². The van der Waals surface area contributed by atoms with E-state index >= 15 is 0 Å². The predicted molar refractivity (Wildman–Crippen MR) is 124 cm³/mol. The van der Waals surface area contributed by atoms with Gasteiger partial charge in [0.15, 0.2) is 5.16 Å². The minimum Gasteiger partial charge on any atom is -0.338 e. The molecular weight excluding hydrogens is 424 g/mol. The molecular formula is C23H24N6O2S. The van der Waals surface area contributed by atoms with Crippen molar-refractivity contribution in [2.24, 2.45) is 0 Å². The highest BCUT2D eigenvalue weighted by atomic mass is 32.2. The second kappa shape index (κ2) is 9.35. The summed E-state index contributed by atoms with van der Waals surface area (Å²) in [6.07, 6.45) is 0. The highest BCUT2D eigenvalue weighted by Gasteiger charge is 2.15. The molecule has 0 bridgehead atoms. The molecule has 32 heavy (non-hydrogen) atoms. The van der Waals surface area contributed by atoms with E-state index in [1.807, 2.05) is 47.9 Å². The van der Waals surface area contributed by atoms with E-state index in [4.69, 9.17) is 4.52 Å². The molecule has 8 nitrogen and oxygen atoms in total. The van der Waals surface area contributed by atoms with Gasteiger partial charge < -0.3 is 9.84 Å². The summed E-state index contributed by atoms with van der Waals surface area (Å²) in [6, 6.07) is 15.7. The van der Waals surface area contributed by atoms with Crippen molar-refractivity contribution in [1.29, 1.82) is 0 Å². The average molecular weight is 449 g/mol. The topological polar surface area (TPSA) is 98.7 Å². The summed E-state index contributed by atoms with van der Waals surface area (Å²) in [5, 5.41) is 16.1. The van der Waals surface area contributed by atoms with Gasteiger partial charge in [-0.3, -0.25) is 9.36 Å². The van der Waals surface area contributed by atoms with Crippen LogP contribution in [0.15, 0.2) is 58.2 Å². The number of anilines is 1. The maximum Gasteiger partial charge on any atom is 0.237 e. The van der Waals surface area contributed by atoms with Gasteiger partial charge in [0, 0.05) is 18.2 Å². The largest absolute Gasteiger partial charge is 0.338 e. The van der Waals surface area contributed by atoms with Gasteiger partial charge in [0.2, 0.25) is 17.6 Å². The molecule has 0 spiro atoms. The Morgan fingerprint density at radius 1 is 1.16 bits per heavy atom. The fraction of sp³-hybridized carbons (Fsp3) is 0.261. The van der Waals surface area contributed by atoms with Crippen LogP contribution in [0.25, 0.3) is 17.1 Å². The zero-order valence-corrected chi connectivity index (χ0v) is 19.2. The van der Waals surface area contributed by atoms with Crippen LogP contribution >= 0.6 is 11.8 Å². The fourth-order valence-corrected chi connectivity index (χ4v) is 4.07. The summed E-state index contributed by atoms with van der Waals surface area (Å²) in [7, 11) is 0. The zero-order chi connectivity index (χ0) is 22.7. The van der Waals surface area contributed by atoms with Crippen LogP contribution in [0.3, 0.4) is 0 Å². The molecule has 1 N–H and O–H groups in total. The first kappa shape index (κ1) is 21.8. The van der Waals surface area contributed by atoms with Crippen LogP contribution in [-0.4, -0.2) is 30.8 Å². The van der Waals surface area contributed by atoms with Crippen molar-refractivity contribution < 1.29 is 9.32 Å². The van der Waals surface area contributed by atoms with Gasteiger partial charge in [-0.15, -0.1) is 10.2 Å². The van der Waals surface area contributed by atoms with Gasteiger partial charge in [-0.05, 0) is 36.6 Å².